The van der Waals surface area contributed by atoms with Crippen LogP contribution in [-0.2, 0) is 22.5 Å². The van der Waals surface area contributed by atoms with Gasteiger partial charge in [-0.05, 0) is 35.2 Å². The number of ether oxygens (including phenoxy) is 1. The van der Waals surface area contributed by atoms with E-state index in [2.05, 4.69) is 41.3 Å². The highest BCUT2D eigenvalue weighted by atomic mass is 16.5. The lowest BCUT2D eigenvalue weighted by atomic mass is 9.92. The van der Waals surface area contributed by atoms with E-state index in [0.29, 0.717) is 13.0 Å². The Labute approximate surface area is 143 Å². The van der Waals surface area contributed by atoms with Crippen LogP contribution in [0.4, 0.5) is 5.69 Å². The average molecular weight is 324 g/mol. The second kappa shape index (κ2) is 8.08. The van der Waals surface area contributed by atoms with Crippen molar-refractivity contribution >= 4 is 12.0 Å². The molecule has 0 aromatic heterocycles. The molecule has 1 heterocycles. The molecule has 0 radical (unpaired) electrons. The molecule has 1 unspecified atom stereocenters. The van der Waals surface area contributed by atoms with E-state index in [1.165, 1.54) is 5.69 Å². The molecule has 1 aliphatic rings. The number of nitrogens with zero attached hydrogens (tertiary/aromatic N) is 1. The van der Waals surface area contributed by atoms with Crippen LogP contribution >= 0.6 is 0 Å². The molecule has 2 aromatic carbocycles. The maximum atomic E-state index is 11.6. The number of carbonyl (C=O) groups is 1. The van der Waals surface area contributed by atoms with E-state index in [4.69, 9.17) is 10.5 Å². The van der Waals surface area contributed by atoms with E-state index in [0.717, 1.165) is 49.3 Å². The Morgan fingerprint density at radius 2 is 1.62 bits per heavy atom. The van der Waals surface area contributed by atoms with Crippen molar-refractivity contribution in [1.29, 1.82) is 0 Å². The molecule has 2 N–H and O–H groups in total. The molecule has 1 aliphatic heterocycles. The number of benzene rings is 2. The predicted molar refractivity (Wildman–Crippen MR) is 96.3 cm³/mol. The highest BCUT2D eigenvalue weighted by Crippen LogP contribution is 2.23. The molecule has 1 atom stereocenters. The Hall–Kier alpha value is -2.17. The van der Waals surface area contributed by atoms with Gasteiger partial charge in [0.2, 0.25) is 0 Å². The molecule has 0 aliphatic carbocycles. The fourth-order valence-electron chi connectivity index (χ4n) is 3.06. The summed E-state index contributed by atoms with van der Waals surface area (Å²) in [6.07, 6.45) is 1.76. The number of nitrogens with two attached hydrogens (primary N) is 1. The molecular weight excluding hydrogens is 300 g/mol. The summed E-state index contributed by atoms with van der Waals surface area (Å²) in [5, 5.41) is 0. The molecule has 0 saturated carbocycles. The molecule has 2 aromatic rings. The van der Waals surface area contributed by atoms with Gasteiger partial charge in [0.15, 0.2) is 0 Å². The molecular formula is C20H24N2O2. The van der Waals surface area contributed by atoms with Crippen LogP contribution in [0.15, 0.2) is 48.5 Å². The van der Waals surface area contributed by atoms with E-state index >= 15 is 0 Å². The second-order valence-corrected chi connectivity index (χ2v) is 6.16. The van der Waals surface area contributed by atoms with Crippen molar-refractivity contribution in [2.45, 2.75) is 18.9 Å². The molecule has 0 amide bonds. The number of morpholine rings is 1. The van der Waals surface area contributed by atoms with Gasteiger partial charge >= 0.3 is 0 Å². The number of carbonyl (C=O) groups excluding carboxylic acids is 1. The van der Waals surface area contributed by atoms with Crippen molar-refractivity contribution < 1.29 is 9.53 Å². The van der Waals surface area contributed by atoms with Crippen LogP contribution in [0.2, 0.25) is 0 Å². The summed E-state index contributed by atoms with van der Waals surface area (Å²) >= 11 is 0. The lowest BCUT2D eigenvalue weighted by molar-refractivity contribution is -0.109. The molecule has 24 heavy (non-hydrogen) atoms. The minimum absolute atomic E-state index is 0.118. The van der Waals surface area contributed by atoms with E-state index in [1.807, 2.05) is 12.1 Å². The molecule has 0 bridgehead atoms. The fourth-order valence-corrected chi connectivity index (χ4v) is 3.06. The van der Waals surface area contributed by atoms with Crippen LogP contribution in [0, 0.1) is 0 Å². The van der Waals surface area contributed by atoms with Crippen LogP contribution in [0.3, 0.4) is 0 Å². The normalized spacial score (nSPS) is 16.0. The summed E-state index contributed by atoms with van der Waals surface area (Å²) in [5.41, 5.74) is 10.1. The maximum Gasteiger partial charge on any atom is 0.127 e. The monoisotopic (exact) mass is 324 g/mol. The van der Waals surface area contributed by atoms with Crippen LogP contribution in [0.1, 0.15) is 22.6 Å². The van der Waals surface area contributed by atoms with E-state index in [1.54, 1.807) is 0 Å². The summed E-state index contributed by atoms with van der Waals surface area (Å²) in [5.74, 6) is -0.118. The Balaban J connectivity index is 1.69. The van der Waals surface area contributed by atoms with Gasteiger partial charge in [-0.3, -0.25) is 0 Å². The van der Waals surface area contributed by atoms with Crippen molar-refractivity contribution in [3.05, 3.63) is 65.2 Å². The zero-order valence-corrected chi connectivity index (χ0v) is 13.9. The maximum absolute atomic E-state index is 11.6. The minimum atomic E-state index is -0.118. The zero-order valence-electron chi connectivity index (χ0n) is 13.9. The number of rotatable bonds is 6. The van der Waals surface area contributed by atoms with Gasteiger partial charge in [-0.15, -0.1) is 0 Å². The molecule has 3 rings (SSSR count). The lowest BCUT2D eigenvalue weighted by Crippen LogP contribution is -2.36. The summed E-state index contributed by atoms with van der Waals surface area (Å²) in [4.78, 5) is 13.9. The highest BCUT2D eigenvalue weighted by molar-refractivity contribution is 5.64. The first-order valence-corrected chi connectivity index (χ1v) is 8.46. The third-order valence-corrected chi connectivity index (χ3v) is 4.58. The quantitative estimate of drug-likeness (QED) is 0.830. The van der Waals surface area contributed by atoms with Crippen LogP contribution < -0.4 is 10.6 Å². The third kappa shape index (κ3) is 4.02. The first kappa shape index (κ1) is 16.7. The highest BCUT2D eigenvalue weighted by Gasteiger charge is 2.14. The standard InChI is InChI=1S/C20H24N2O2/c21-14-17-3-1-16(2-4-17)13-19(15-23)18-5-7-20(8-6-18)22-9-11-24-12-10-22/h1-8,15,19H,9-14,21H2. The molecule has 4 nitrogen and oxygen atoms in total. The molecule has 1 fully saturated rings. The van der Waals surface area contributed by atoms with Gasteiger partial charge in [0.1, 0.15) is 6.29 Å². The Kier molecular flexibility index (Phi) is 5.62. The van der Waals surface area contributed by atoms with Gasteiger partial charge in [-0.25, -0.2) is 0 Å². The smallest absolute Gasteiger partial charge is 0.127 e. The molecule has 4 heteroatoms. The van der Waals surface area contributed by atoms with Gasteiger partial charge in [0.05, 0.1) is 13.2 Å². The van der Waals surface area contributed by atoms with Crippen LogP contribution in [0.25, 0.3) is 0 Å². The molecule has 1 saturated heterocycles. The van der Waals surface area contributed by atoms with Gasteiger partial charge in [-0.2, -0.15) is 0 Å². The zero-order chi connectivity index (χ0) is 16.8. The third-order valence-electron chi connectivity index (χ3n) is 4.58. The van der Waals surface area contributed by atoms with E-state index in [9.17, 15) is 4.79 Å². The number of hydrogen-bond acceptors (Lipinski definition) is 4. The Morgan fingerprint density at radius 3 is 2.21 bits per heavy atom. The summed E-state index contributed by atoms with van der Waals surface area (Å²) < 4.78 is 5.39. The Bertz CT molecular complexity index is 646. The van der Waals surface area contributed by atoms with E-state index < -0.39 is 0 Å². The van der Waals surface area contributed by atoms with E-state index in [-0.39, 0.29) is 5.92 Å². The summed E-state index contributed by atoms with van der Waals surface area (Å²) in [6, 6.07) is 16.5. The number of hydrogen-bond donors (Lipinski definition) is 1. The topological polar surface area (TPSA) is 55.6 Å². The van der Waals surface area contributed by atoms with Crippen LogP contribution in [0.5, 0.6) is 0 Å². The van der Waals surface area contributed by atoms with Crippen molar-refractivity contribution in [3.63, 3.8) is 0 Å². The van der Waals surface area contributed by atoms with Crippen molar-refractivity contribution in [2.75, 3.05) is 31.2 Å². The van der Waals surface area contributed by atoms with Gasteiger partial charge in [0, 0.05) is 31.2 Å². The summed E-state index contributed by atoms with van der Waals surface area (Å²) in [7, 11) is 0. The van der Waals surface area contributed by atoms with Gasteiger partial charge < -0.3 is 20.2 Å². The Morgan fingerprint density at radius 1 is 1.00 bits per heavy atom. The summed E-state index contributed by atoms with van der Waals surface area (Å²) in [6.45, 7) is 3.93. The molecule has 0 spiro atoms. The largest absolute Gasteiger partial charge is 0.378 e. The predicted octanol–water partition coefficient (Wildman–Crippen LogP) is 2.51. The first-order chi connectivity index (χ1) is 11.8. The first-order valence-electron chi connectivity index (χ1n) is 8.46. The number of aldehydes is 1. The minimum Gasteiger partial charge on any atom is -0.378 e. The van der Waals surface area contributed by atoms with Crippen molar-refractivity contribution in [2.24, 2.45) is 5.73 Å². The number of anilines is 1. The fraction of sp³-hybridized carbons (Fsp3) is 0.350. The average Bonchev–Trinajstić information content (AvgIpc) is 2.67. The van der Waals surface area contributed by atoms with Gasteiger partial charge in [0.25, 0.3) is 0 Å². The second-order valence-electron chi connectivity index (χ2n) is 6.16. The lowest BCUT2D eigenvalue weighted by Gasteiger charge is -2.29. The molecule has 126 valence electrons. The van der Waals surface area contributed by atoms with Gasteiger partial charge in [-0.1, -0.05) is 36.4 Å². The van der Waals surface area contributed by atoms with Crippen molar-refractivity contribution in [1.82, 2.24) is 0 Å². The SMILES string of the molecule is NCc1ccc(CC(C=O)c2ccc(N3CCOCC3)cc2)cc1. The van der Waals surface area contributed by atoms with Crippen LogP contribution in [-0.4, -0.2) is 32.6 Å². The van der Waals surface area contributed by atoms with Crippen molar-refractivity contribution in [3.8, 4) is 0 Å².